The van der Waals surface area contributed by atoms with Crippen molar-refractivity contribution in [3.63, 3.8) is 0 Å². The van der Waals surface area contributed by atoms with Crippen molar-refractivity contribution in [2.24, 2.45) is 0 Å². The fourth-order valence-electron chi connectivity index (χ4n) is 5.91. The normalized spacial score (nSPS) is 12.0. The summed E-state index contributed by atoms with van der Waals surface area (Å²) in [5, 5.41) is 2.49. The first kappa shape index (κ1) is 38.2. The summed E-state index contributed by atoms with van der Waals surface area (Å²) in [5.74, 6) is -0.117. The Morgan fingerprint density at radius 3 is 1.43 bits per heavy atom. The Kier molecular flexibility index (Phi) is 20.3. The molecule has 0 aliphatic heterocycles. The molecule has 0 N–H and O–H groups in total. The van der Waals surface area contributed by atoms with E-state index in [0.29, 0.717) is 46.1 Å². The highest BCUT2D eigenvalue weighted by atomic mass is 28.4. The summed E-state index contributed by atoms with van der Waals surface area (Å²) < 4.78 is 23.6. The molecule has 2 aromatic rings. The van der Waals surface area contributed by atoms with Crippen molar-refractivity contribution in [3.05, 3.63) is 60.7 Å². The molecular formula is C38H62O5Si. The molecule has 0 unspecified atom stereocenters. The van der Waals surface area contributed by atoms with E-state index in [1.807, 2.05) is 0 Å². The minimum Gasteiger partial charge on any atom is -0.463 e. The summed E-state index contributed by atoms with van der Waals surface area (Å²) in [6.45, 7) is 11.8. The molecule has 0 saturated heterocycles. The summed E-state index contributed by atoms with van der Waals surface area (Å²) in [4.78, 5) is 12.0. The highest BCUT2D eigenvalue weighted by molar-refractivity contribution is 6.99. The zero-order chi connectivity index (χ0) is 31.8. The smallest absolute Gasteiger partial charge is 0.305 e. The van der Waals surface area contributed by atoms with Crippen molar-refractivity contribution in [1.82, 2.24) is 0 Å². The van der Waals surface area contributed by atoms with E-state index in [2.05, 4.69) is 88.4 Å². The fourth-order valence-corrected chi connectivity index (χ4v) is 10.5. The predicted molar refractivity (Wildman–Crippen MR) is 186 cm³/mol. The van der Waals surface area contributed by atoms with Gasteiger partial charge in [-0.15, -0.1) is 0 Å². The van der Waals surface area contributed by atoms with Crippen LogP contribution >= 0.6 is 0 Å². The molecule has 5 nitrogen and oxygen atoms in total. The van der Waals surface area contributed by atoms with Crippen LogP contribution in [0.4, 0.5) is 0 Å². The Hall–Kier alpha value is -1.99. The lowest BCUT2D eigenvalue weighted by atomic mass is 10.0. The maximum atomic E-state index is 12.0. The van der Waals surface area contributed by atoms with E-state index in [0.717, 1.165) is 12.8 Å². The summed E-state index contributed by atoms with van der Waals surface area (Å²) in [5.41, 5.74) is 0. The van der Waals surface area contributed by atoms with E-state index in [1.165, 1.54) is 81.0 Å². The van der Waals surface area contributed by atoms with Gasteiger partial charge in [-0.3, -0.25) is 4.79 Å². The molecule has 0 bridgehead atoms. The fraction of sp³-hybridized carbons (Fsp3) is 0.658. The number of hydrogen-bond donors (Lipinski definition) is 0. The highest BCUT2D eigenvalue weighted by Crippen LogP contribution is 2.36. The van der Waals surface area contributed by atoms with Crippen molar-refractivity contribution in [2.75, 3.05) is 39.6 Å². The first-order valence-corrected chi connectivity index (χ1v) is 19.4. The van der Waals surface area contributed by atoms with Crippen LogP contribution in [0.1, 0.15) is 118 Å². The third-order valence-corrected chi connectivity index (χ3v) is 13.4. The maximum Gasteiger partial charge on any atom is 0.305 e. The number of carbonyl (C=O) groups is 1. The lowest BCUT2D eigenvalue weighted by Crippen LogP contribution is -2.66. The van der Waals surface area contributed by atoms with Gasteiger partial charge in [0.25, 0.3) is 8.32 Å². The standard InChI is InChI=1S/C38H62O5Si/c1-5-6-7-8-9-10-11-12-13-14-15-16-23-28-37(39)42-33-31-40-29-30-41-32-34-43-44(38(2,3)4,35-24-19-17-20-25-35)36-26-21-18-22-27-36/h17-22,24-27H,5-16,23,28-34H2,1-4H3. The zero-order valence-corrected chi connectivity index (χ0v) is 29.5. The summed E-state index contributed by atoms with van der Waals surface area (Å²) in [7, 11) is -2.53. The van der Waals surface area contributed by atoms with Gasteiger partial charge in [0.1, 0.15) is 6.61 Å². The molecule has 0 aliphatic rings. The van der Waals surface area contributed by atoms with Crippen LogP contribution in [0.3, 0.4) is 0 Å². The molecule has 2 rings (SSSR count). The van der Waals surface area contributed by atoms with E-state index in [-0.39, 0.29) is 11.0 Å². The monoisotopic (exact) mass is 626 g/mol. The molecule has 0 amide bonds. The first-order chi connectivity index (χ1) is 21.4. The number of esters is 1. The number of ether oxygens (including phenoxy) is 3. The average molecular weight is 627 g/mol. The van der Waals surface area contributed by atoms with Gasteiger partial charge < -0.3 is 18.6 Å². The Bertz CT molecular complexity index is 921. The Morgan fingerprint density at radius 1 is 0.568 bits per heavy atom. The highest BCUT2D eigenvalue weighted by Gasteiger charge is 2.49. The Morgan fingerprint density at radius 2 is 0.977 bits per heavy atom. The van der Waals surface area contributed by atoms with Crippen LogP contribution < -0.4 is 10.4 Å². The van der Waals surface area contributed by atoms with Gasteiger partial charge >= 0.3 is 5.97 Å². The molecule has 6 heteroatoms. The summed E-state index contributed by atoms with van der Waals surface area (Å²) >= 11 is 0. The zero-order valence-electron chi connectivity index (χ0n) is 28.5. The van der Waals surface area contributed by atoms with Crippen LogP contribution in [0.2, 0.25) is 5.04 Å². The molecule has 0 aromatic heterocycles. The predicted octanol–water partition coefficient (Wildman–Crippen LogP) is 8.62. The summed E-state index contributed by atoms with van der Waals surface area (Å²) in [6.07, 6.45) is 17.4. The van der Waals surface area contributed by atoms with Crippen molar-refractivity contribution >= 4 is 24.7 Å². The minimum atomic E-state index is -2.53. The van der Waals surface area contributed by atoms with Crippen LogP contribution in [0.15, 0.2) is 60.7 Å². The molecule has 0 atom stereocenters. The topological polar surface area (TPSA) is 54.0 Å². The van der Waals surface area contributed by atoms with Crippen LogP contribution in [-0.4, -0.2) is 53.9 Å². The van der Waals surface area contributed by atoms with Gasteiger partial charge in [-0.1, -0.05) is 165 Å². The van der Waals surface area contributed by atoms with Gasteiger partial charge in [0.2, 0.25) is 0 Å². The van der Waals surface area contributed by atoms with E-state index < -0.39 is 8.32 Å². The largest absolute Gasteiger partial charge is 0.463 e. The second-order valence-electron chi connectivity index (χ2n) is 12.9. The van der Waals surface area contributed by atoms with Crippen LogP contribution in [0.5, 0.6) is 0 Å². The lowest BCUT2D eigenvalue weighted by Gasteiger charge is -2.43. The number of carbonyl (C=O) groups excluding carboxylic acids is 1. The van der Waals surface area contributed by atoms with Crippen LogP contribution in [0, 0.1) is 0 Å². The van der Waals surface area contributed by atoms with Crippen molar-refractivity contribution in [1.29, 1.82) is 0 Å². The van der Waals surface area contributed by atoms with Gasteiger partial charge in [0.15, 0.2) is 0 Å². The lowest BCUT2D eigenvalue weighted by molar-refractivity contribution is -0.145. The second-order valence-corrected chi connectivity index (χ2v) is 17.3. The van der Waals surface area contributed by atoms with E-state index in [1.54, 1.807) is 0 Å². The third kappa shape index (κ3) is 14.9. The molecule has 0 aliphatic carbocycles. The first-order valence-electron chi connectivity index (χ1n) is 17.5. The number of hydrogen-bond acceptors (Lipinski definition) is 5. The van der Waals surface area contributed by atoms with E-state index in [9.17, 15) is 4.79 Å². The minimum absolute atomic E-state index is 0.0527. The molecular weight excluding hydrogens is 564 g/mol. The molecule has 0 fully saturated rings. The number of rotatable bonds is 26. The van der Waals surface area contributed by atoms with Crippen molar-refractivity contribution in [3.8, 4) is 0 Å². The second kappa shape index (κ2) is 23.4. The Labute approximate surface area is 270 Å². The quantitative estimate of drug-likeness (QED) is 0.0595. The molecule has 0 spiro atoms. The molecule has 2 aromatic carbocycles. The van der Waals surface area contributed by atoms with Gasteiger partial charge in [0.05, 0.1) is 33.0 Å². The average Bonchev–Trinajstić information content (AvgIpc) is 3.02. The molecule has 0 saturated carbocycles. The number of benzene rings is 2. The van der Waals surface area contributed by atoms with Crippen molar-refractivity contribution < 1.29 is 23.4 Å². The van der Waals surface area contributed by atoms with Gasteiger partial charge in [0, 0.05) is 6.42 Å². The SMILES string of the molecule is CCCCCCCCCCCCCCCC(=O)OCCOCCOCCO[Si](c1ccccc1)(c1ccccc1)C(C)(C)C. The molecule has 248 valence electrons. The summed E-state index contributed by atoms with van der Waals surface area (Å²) in [6, 6.07) is 21.3. The number of unbranched alkanes of at least 4 members (excludes halogenated alkanes) is 12. The van der Waals surface area contributed by atoms with E-state index >= 15 is 0 Å². The van der Waals surface area contributed by atoms with Crippen LogP contribution in [-0.2, 0) is 23.4 Å². The van der Waals surface area contributed by atoms with Crippen molar-refractivity contribution in [2.45, 2.75) is 123 Å². The molecule has 44 heavy (non-hydrogen) atoms. The maximum absolute atomic E-state index is 12.0. The van der Waals surface area contributed by atoms with E-state index in [4.69, 9.17) is 18.6 Å². The third-order valence-electron chi connectivity index (χ3n) is 8.31. The Balaban J connectivity index is 1.49. The van der Waals surface area contributed by atoms with Gasteiger partial charge in [-0.25, -0.2) is 0 Å². The molecule has 0 heterocycles. The van der Waals surface area contributed by atoms with Gasteiger partial charge in [-0.2, -0.15) is 0 Å². The van der Waals surface area contributed by atoms with Gasteiger partial charge in [-0.05, 0) is 21.8 Å². The molecule has 0 radical (unpaired) electrons. The van der Waals surface area contributed by atoms with Crippen LogP contribution in [0.25, 0.3) is 0 Å².